The Morgan fingerprint density at radius 2 is 1.97 bits per heavy atom. The highest BCUT2D eigenvalue weighted by Gasteiger charge is 2.12. The Morgan fingerprint density at radius 1 is 1.23 bits per heavy atom. The van der Waals surface area contributed by atoms with E-state index in [0.29, 0.717) is 31.9 Å². The van der Waals surface area contributed by atoms with E-state index < -0.39 is 0 Å². The summed E-state index contributed by atoms with van der Waals surface area (Å²) in [5.41, 5.74) is 2.98. The lowest BCUT2D eigenvalue weighted by atomic mass is 10.2. The van der Waals surface area contributed by atoms with Crippen molar-refractivity contribution in [3.63, 3.8) is 0 Å². The number of aromatic nitrogens is 1. The number of esters is 1. The normalized spacial score (nSPS) is 11.3. The van der Waals surface area contributed by atoms with Gasteiger partial charge < -0.3 is 10.1 Å². The maximum absolute atomic E-state index is 11.9. The third-order valence-electron chi connectivity index (χ3n) is 3.91. The van der Waals surface area contributed by atoms with Crippen LogP contribution >= 0.6 is 34.5 Å². The molecule has 1 aromatic heterocycles. The van der Waals surface area contributed by atoms with Crippen LogP contribution < -0.4 is 5.32 Å². The number of carbonyl (C=O) groups is 1. The minimum absolute atomic E-state index is 0.178. The number of allylic oxidation sites excluding steroid dienone is 1. The maximum atomic E-state index is 11.9. The Morgan fingerprint density at radius 3 is 2.60 bits per heavy atom. The molecule has 3 rings (SSSR count). The van der Waals surface area contributed by atoms with Gasteiger partial charge >= 0.3 is 5.97 Å². The number of nitrogens with zero attached hydrogens (tertiary/aromatic N) is 2. The van der Waals surface area contributed by atoms with Crippen LogP contribution in [-0.4, -0.2) is 17.1 Å². The number of anilines is 1. The number of thiazole rings is 1. The van der Waals surface area contributed by atoms with Crippen LogP contribution in [0.4, 0.5) is 5.69 Å². The number of nitrogens with one attached hydrogen (secondary N) is 1. The first kappa shape index (κ1) is 21.8. The molecule has 0 atom stereocenters. The summed E-state index contributed by atoms with van der Waals surface area (Å²) in [4.78, 5) is 16.4. The zero-order chi connectivity index (χ0) is 21.7. The highest BCUT2D eigenvalue weighted by Crippen LogP contribution is 2.32. The number of hydrogen-bond donors (Lipinski definition) is 1. The van der Waals surface area contributed by atoms with Crippen LogP contribution in [-0.2, 0) is 4.74 Å². The summed E-state index contributed by atoms with van der Waals surface area (Å²) in [6.45, 7) is 3.60. The first-order chi connectivity index (χ1) is 14.4. The highest BCUT2D eigenvalue weighted by atomic mass is 35.5. The van der Waals surface area contributed by atoms with E-state index in [1.54, 1.807) is 62.5 Å². The van der Waals surface area contributed by atoms with Crippen molar-refractivity contribution in [2.45, 2.75) is 20.0 Å². The van der Waals surface area contributed by atoms with Gasteiger partial charge in [0.05, 0.1) is 22.4 Å². The Hall–Kier alpha value is -2.85. The van der Waals surface area contributed by atoms with Crippen LogP contribution in [0, 0.1) is 11.3 Å². The van der Waals surface area contributed by atoms with Crippen molar-refractivity contribution >= 4 is 51.8 Å². The van der Waals surface area contributed by atoms with Gasteiger partial charge in [-0.25, -0.2) is 9.78 Å². The second kappa shape index (κ2) is 9.77. The lowest BCUT2D eigenvalue weighted by molar-refractivity contribution is 0.0378. The molecule has 0 spiro atoms. The van der Waals surface area contributed by atoms with Crippen molar-refractivity contribution in [1.29, 1.82) is 5.26 Å². The molecule has 1 heterocycles. The zero-order valence-electron chi connectivity index (χ0n) is 16.1. The fraction of sp³-hybridized carbons (Fsp3) is 0.136. The average Bonchev–Trinajstić information content (AvgIpc) is 3.18. The third kappa shape index (κ3) is 5.39. The lowest BCUT2D eigenvalue weighted by Gasteiger charge is -2.08. The Labute approximate surface area is 188 Å². The van der Waals surface area contributed by atoms with Crippen molar-refractivity contribution in [2.24, 2.45) is 0 Å². The number of nitriles is 1. The van der Waals surface area contributed by atoms with E-state index in [0.717, 1.165) is 11.3 Å². The molecule has 0 amide bonds. The molecular weight excluding hydrogens is 441 g/mol. The predicted molar refractivity (Wildman–Crippen MR) is 122 cm³/mol. The molecule has 0 radical (unpaired) electrons. The molecule has 5 nitrogen and oxygen atoms in total. The van der Waals surface area contributed by atoms with E-state index in [1.807, 2.05) is 5.38 Å². The van der Waals surface area contributed by atoms with E-state index in [4.69, 9.17) is 27.9 Å². The first-order valence-corrected chi connectivity index (χ1v) is 10.6. The van der Waals surface area contributed by atoms with Gasteiger partial charge in [0, 0.05) is 27.9 Å². The minimum Gasteiger partial charge on any atom is -0.459 e. The minimum atomic E-state index is -0.374. The summed E-state index contributed by atoms with van der Waals surface area (Å²) >= 11 is 13.5. The van der Waals surface area contributed by atoms with Gasteiger partial charge in [0.2, 0.25) is 0 Å². The second-order valence-electron chi connectivity index (χ2n) is 6.51. The SMILES string of the molecule is CC(C)OC(=O)c1ccc(NC=C(C#N)c2nc(-c3ccc(Cl)cc3Cl)cs2)cc1. The first-order valence-electron chi connectivity index (χ1n) is 8.96. The van der Waals surface area contributed by atoms with Crippen LogP contribution in [0.2, 0.25) is 10.0 Å². The molecule has 1 N–H and O–H groups in total. The fourth-order valence-corrected chi connectivity index (χ4v) is 3.79. The summed E-state index contributed by atoms with van der Waals surface area (Å²) in [5.74, 6) is -0.374. The summed E-state index contributed by atoms with van der Waals surface area (Å²) < 4.78 is 5.17. The largest absolute Gasteiger partial charge is 0.459 e. The molecule has 0 unspecified atom stereocenters. The standard InChI is InChI=1S/C22H17Cl2N3O2S/c1-13(2)29-22(28)14-3-6-17(7-4-14)26-11-15(10-25)21-27-20(12-30-21)18-8-5-16(23)9-19(18)24/h3-9,11-13,26H,1-2H3. The number of benzene rings is 2. The number of hydrogen-bond acceptors (Lipinski definition) is 6. The van der Waals surface area contributed by atoms with E-state index in [9.17, 15) is 10.1 Å². The summed E-state index contributed by atoms with van der Waals surface area (Å²) in [6.07, 6.45) is 1.40. The van der Waals surface area contributed by atoms with E-state index in [1.165, 1.54) is 11.3 Å². The summed E-state index contributed by atoms with van der Waals surface area (Å²) in [5, 5.41) is 16.0. The molecule has 2 aromatic carbocycles. The quantitative estimate of drug-likeness (QED) is 0.330. The molecular formula is C22H17Cl2N3O2S. The summed E-state index contributed by atoms with van der Waals surface area (Å²) in [7, 11) is 0. The predicted octanol–water partition coefficient (Wildman–Crippen LogP) is 6.66. The number of rotatable bonds is 6. The van der Waals surface area contributed by atoms with Crippen LogP contribution in [0.1, 0.15) is 29.2 Å². The van der Waals surface area contributed by atoms with Gasteiger partial charge in [0.1, 0.15) is 16.6 Å². The fourth-order valence-electron chi connectivity index (χ4n) is 2.50. The molecule has 0 saturated carbocycles. The van der Waals surface area contributed by atoms with Crippen LogP contribution in [0.5, 0.6) is 0 Å². The van der Waals surface area contributed by atoms with E-state index in [2.05, 4.69) is 16.4 Å². The van der Waals surface area contributed by atoms with Crippen molar-refractivity contribution in [3.8, 4) is 17.3 Å². The third-order valence-corrected chi connectivity index (χ3v) is 5.33. The monoisotopic (exact) mass is 457 g/mol. The van der Waals surface area contributed by atoms with Gasteiger partial charge in [-0.3, -0.25) is 0 Å². The van der Waals surface area contributed by atoms with Gasteiger partial charge in [-0.1, -0.05) is 23.2 Å². The van der Waals surface area contributed by atoms with Gasteiger partial charge in [-0.2, -0.15) is 5.26 Å². The van der Waals surface area contributed by atoms with Crippen molar-refractivity contribution in [1.82, 2.24) is 4.98 Å². The van der Waals surface area contributed by atoms with Crippen molar-refractivity contribution in [2.75, 3.05) is 5.32 Å². The highest BCUT2D eigenvalue weighted by molar-refractivity contribution is 7.11. The van der Waals surface area contributed by atoms with Gasteiger partial charge in [-0.05, 0) is 56.3 Å². The van der Waals surface area contributed by atoms with Crippen LogP contribution in [0.15, 0.2) is 54.0 Å². The Balaban J connectivity index is 1.75. The molecule has 0 fully saturated rings. The molecule has 0 aliphatic rings. The molecule has 152 valence electrons. The molecule has 30 heavy (non-hydrogen) atoms. The lowest BCUT2D eigenvalue weighted by Crippen LogP contribution is -2.11. The van der Waals surface area contributed by atoms with E-state index in [-0.39, 0.29) is 12.1 Å². The Kier molecular flexibility index (Phi) is 7.11. The van der Waals surface area contributed by atoms with Crippen LogP contribution in [0.3, 0.4) is 0 Å². The van der Waals surface area contributed by atoms with Crippen molar-refractivity contribution in [3.05, 3.63) is 74.7 Å². The topological polar surface area (TPSA) is 75.0 Å². The molecule has 3 aromatic rings. The van der Waals surface area contributed by atoms with Gasteiger partial charge in [-0.15, -0.1) is 11.3 Å². The number of halogens is 2. The maximum Gasteiger partial charge on any atom is 0.338 e. The van der Waals surface area contributed by atoms with Crippen LogP contribution in [0.25, 0.3) is 16.8 Å². The molecule has 0 bridgehead atoms. The second-order valence-corrected chi connectivity index (χ2v) is 8.21. The molecule has 0 saturated heterocycles. The smallest absolute Gasteiger partial charge is 0.338 e. The van der Waals surface area contributed by atoms with E-state index >= 15 is 0 Å². The molecule has 8 heteroatoms. The van der Waals surface area contributed by atoms with Crippen molar-refractivity contribution < 1.29 is 9.53 Å². The van der Waals surface area contributed by atoms with Gasteiger partial charge in [0.15, 0.2) is 0 Å². The average molecular weight is 458 g/mol. The molecule has 0 aliphatic carbocycles. The Bertz CT molecular complexity index is 1130. The zero-order valence-corrected chi connectivity index (χ0v) is 18.5. The van der Waals surface area contributed by atoms with Gasteiger partial charge in [0.25, 0.3) is 0 Å². The number of carbonyl (C=O) groups excluding carboxylic acids is 1. The molecule has 0 aliphatic heterocycles. The number of ether oxygens (including phenoxy) is 1. The summed E-state index contributed by atoms with van der Waals surface area (Å²) in [6, 6.07) is 14.1.